The van der Waals surface area contributed by atoms with Gasteiger partial charge in [0.05, 0.1) is 24.4 Å². The molecule has 0 saturated carbocycles. The van der Waals surface area contributed by atoms with Gasteiger partial charge in [0.1, 0.15) is 5.75 Å². The van der Waals surface area contributed by atoms with Crippen molar-refractivity contribution in [2.45, 2.75) is 13.5 Å². The first-order valence-electron chi connectivity index (χ1n) is 11.0. The summed E-state index contributed by atoms with van der Waals surface area (Å²) in [5, 5.41) is 5.71. The molecule has 0 radical (unpaired) electrons. The van der Waals surface area contributed by atoms with Gasteiger partial charge in [-0.1, -0.05) is 18.2 Å². The Hall–Kier alpha value is -4.04. The maximum atomic E-state index is 12.9. The minimum Gasteiger partial charge on any atom is -0.494 e. The molecule has 2 amide bonds. The highest BCUT2D eigenvalue weighted by atomic mass is 16.7. The minimum atomic E-state index is -0.311. The van der Waals surface area contributed by atoms with Crippen molar-refractivity contribution in [1.29, 1.82) is 0 Å². The molecule has 8 nitrogen and oxygen atoms in total. The quantitative estimate of drug-likeness (QED) is 0.498. The Morgan fingerprint density at radius 1 is 0.971 bits per heavy atom. The summed E-state index contributed by atoms with van der Waals surface area (Å²) in [6.07, 6.45) is 0. The molecule has 4 rings (SSSR count). The van der Waals surface area contributed by atoms with E-state index in [2.05, 4.69) is 10.6 Å². The maximum absolute atomic E-state index is 12.9. The third kappa shape index (κ3) is 5.85. The molecule has 0 atom stereocenters. The van der Waals surface area contributed by atoms with Crippen molar-refractivity contribution in [2.24, 2.45) is 0 Å². The molecule has 0 saturated heterocycles. The zero-order chi connectivity index (χ0) is 23.9. The average molecular weight is 462 g/mol. The zero-order valence-electron chi connectivity index (χ0n) is 19.2. The van der Waals surface area contributed by atoms with Crippen LogP contribution in [0.2, 0.25) is 0 Å². The van der Waals surface area contributed by atoms with Crippen LogP contribution in [0.15, 0.2) is 66.7 Å². The van der Waals surface area contributed by atoms with Gasteiger partial charge < -0.3 is 24.8 Å². The van der Waals surface area contributed by atoms with Crippen LogP contribution in [0.3, 0.4) is 0 Å². The van der Waals surface area contributed by atoms with E-state index < -0.39 is 0 Å². The molecule has 2 N–H and O–H groups in total. The molecule has 8 heteroatoms. The topological polar surface area (TPSA) is 89.1 Å². The van der Waals surface area contributed by atoms with E-state index in [0.29, 0.717) is 35.8 Å². The number of fused-ring (bicyclic) bond motifs is 1. The number of ether oxygens (including phenoxy) is 3. The number of hydrogen-bond donors (Lipinski definition) is 2. The lowest BCUT2D eigenvalue weighted by Crippen LogP contribution is -2.30. The van der Waals surface area contributed by atoms with Crippen LogP contribution in [-0.2, 0) is 11.3 Å². The number of benzene rings is 3. The number of hydrogen-bond acceptors (Lipinski definition) is 6. The first-order chi connectivity index (χ1) is 16.5. The lowest BCUT2D eigenvalue weighted by atomic mass is 10.1. The number of carbonyl (C=O) groups excluding carboxylic acids is 2. The zero-order valence-corrected chi connectivity index (χ0v) is 19.2. The van der Waals surface area contributed by atoms with Crippen molar-refractivity contribution in [3.8, 4) is 17.2 Å². The predicted molar refractivity (Wildman–Crippen MR) is 130 cm³/mol. The van der Waals surface area contributed by atoms with Gasteiger partial charge in [-0.3, -0.25) is 14.5 Å². The molecule has 1 aliphatic heterocycles. The first kappa shape index (κ1) is 23.1. The molecule has 176 valence electrons. The lowest BCUT2D eigenvalue weighted by Gasteiger charge is -2.17. The van der Waals surface area contributed by atoms with Crippen LogP contribution in [0.1, 0.15) is 22.8 Å². The second-order valence-corrected chi connectivity index (χ2v) is 7.87. The Morgan fingerprint density at radius 2 is 1.74 bits per heavy atom. The average Bonchev–Trinajstić information content (AvgIpc) is 3.28. The Morgan fingerprint density at radius 3 is 2.53 bits per heavy atom. The van der Waals surface area contributed by atoms with Gasteiger partial charge >= 0.3 is 0 Å². The Bertz CT molecular complexity index is 1160. The summed E-state index contributed by atoms with van der Waals surface area (Å²) in [6.45, 7) is 3.43. The van der Waals surface area contributed by atoms with Gasteiger partial charge in [-0.15, -0.1) is 0 Å². The molecule has 0 bridgehead atoms. The summed E-state index contributed by atoms with van der Waals surface area (Å²) in [5.41, 5.74) is 2.48. The molecular weight excluding hydrogens is 434 g/mol. The summed E-state index contributed by atoms with van der Waals surface area (Å²) in [4.78, 5) is 27.4. The Labute approximate surface area is 198 Å². The third-order valence-corrected chi connectivity index (χ3v) is 5.17. The summed E-state index contributed by atoms with van der Waals surface area (Å²) >= 11 is 0. The fourth-order valence-electron chi connectivity index (χ4n) is 3.63. The molecule has 34 heavy (non-hydrogen) atoms. The summed E-state index contributed by atoms with van der Waals surface area (Å²) < 4.78 is 16.2. The molecule has 3 aromatic carbocycles. The van der Waals surface area contributed by atoms with Crippen molar-refractivity contribution in [2.75, 3.05) is 37.6 Å². The number of nitrogens with one attached hydrogen (secondary N) is 2. The Balaban J connectivity index is 1.35. The van der Waals surface area contributed by atoms with Gasteiger partial charge in [-0.2, -0.15) is 0 Å². The van der Waals surface area contributed by atoms with E-state index in [1.54, 1.807) is 48.5 Å². The summed E-state index contributed by atoms with van der Waals surface area (Å²) in [5.74, 6) is 1.64. The molecule has 1 aliphatic rings. The molecule has 0 aliphatic carbocycles. The molecular formula is C26H27N3O5. The van der Waals surface area contributed by atoms with Crippen LogP contribution >= 0.6 is 0 Å². The standard InChI is InChI=1S/C26H27N3O5/c1-3-32-20-11-9-19(10-12-20)27-26(31)21-6-4-5-7-22(21)28-25(30)16-29(2)15-18-8-13-23-24(14-18)34-17-33-23/h4-14H,3,15-17H2,1-2H3,(H,27,31)(H,28,30). The van der Waals surface area contributed by atoms with Crippen molar-refractivity contribution in [3.63, 3.8) is 0 Å². The highest BCUT2D eigenvalue weighted by Gasteiger charge is 2.16. The fraction of sp³-hybridized carbons (Fsp3) is 0.231. The monoisotopic (exact) mass is 461 g/mol. The van der Waals surface area contributed by atoms with Crippen LogP contribution in [0.4, 0.5) is 11.4 Å². The Kier molecular flexibility index (Phi) is 7.29. The van der Waals surface area contributed by atoms with Crippen LogP contribution in [0, 0.1) is 0 Å². The van der Waals surface area contributed by atoms with Gasteiger partial charge in [-0.05, 0) is 68.1 Å². The number of anilines is 2. The third-order valence-electron chi connectivity index (χ3n) is 5.17. The fourth-order valence-corrected chi connectivity index (χ4v) is 3.63. The molecule has 0 spiro atoms. The maximum Gasteiger partial charge on any atom is 0.257 e. The number of nitrogens with zero attached hydrogens (tertiary/aromatic N) is 1. The van der Waals surface area contributed by atoms with E-state index in [1.807, 2.05) is 37.1 Å². The van der Waals surface area contributed by atoms with E-state index in [-0.39, 0.29) is 25.2 Å². The van der Waals surface area contributed by atoms with E-state index in [9.17, 15) is 9.59 Å². The van der Waals surface area contributed by atoms with Gasteiger partial charge in [0.25, 0.3) is 5.91 Å². The molecule has 0 unspecified atom stereocenters. The highest BCUT2D eigenvalue weighted by molar-refractivity contribution is 6.10. The van der Waals surface area contributed by atoms with Crippen LogP contribution in [-0.4, -0.2) is 43.7 Å². The van der Waals surface area contributed by atoms with E-state index >= 15 is 0 Å². The smallest absolute Gasteiger partial charge is 0.257 e. The van der Waals surface area contributed by atoms with Crippen molar-refractivity contribution < 1.29 is 23.8 Å². The van der Waals surface area contributed by atoms with Gasteiger partial charge in [-0.25, -0.2) is 0 Å². The number of amides is 2. The van der Waals surface area contributed by atoms with E-state index in [0.717, 1.165) is 17.1 Å². The normalized spacial score (nSPS) is 11.9. The number of likely N-dealkylation sites (N-methyl/N-ethyl adjacent to an activating group) is 1. The van der Waals surface area contributed by atoms with Crippen LogP contribution in [0.25, 0.3) is 0 Å². The molecule has 1 heterocycles. The van der Waals surface area contributed by atoms with Crippen molar-refractivity contribution in [1.82, 2.24) is 4.90 Å². The van der Waals surface area contributed by atoms with Gasteiger partial charge in [0.2, 0.25) is 12.7 Å². The van der Waals surface area contributed by atoms with Crippen LogP contribution in [0.5, 0.6) is 17.2 Å². The van der Waals surface area contributed by atoms with E-state index in [4.69, 9.17) is 14.2 Å². The van der Waals surface area contributed by atoms with Gasteiger partial charge in [0, 0.05) is 12.2 Å². The molecule has 0 fully saturated rings. The van der Waals surface area contributed by atoms with E-state index in [1.165, 1.54) is 0 Å². The van der Waals surface area contributed by atoms with Crippen molar-refractivity contribution >= 4 is 23.2 Å². The van der Waals surface area contributed by atoms with Crippen LogP contribution < -0.4 is 24.8 Å². The number of carbonyl (C=O) groups is 2. The second-order valence-electron chi connectivity index (χ2n) is 7.87. The summed E-state index contributed by atoms with van der Waals surface area (Å²) in [6, 6.07) is 19.8. The first-order valence-corrected chi connectivity index (χ1v) is 11.0. The SMILES string of the molecule is CCOc1ccc(NC(=O)c2ccccc2NC(=O)CN(C)Cc2ccc3c(c2)OCO3)cc1. The highest BCUT2D eigenvalue weighted by Crippen LogP contribution is 2.32. The molecule has 0 aromatic heterocycles. The number of para-hydroxylation sites is 1. The second kappa shape index (κ2) is 10.7. The van der Waals surface area contributed by atoms with Gasteiger partial charge in [0.15, 0.2) is 11.5 Å². The predicted octanol–water partition coefficient (Wildman–Crippen LogP) is 4.14. The lowest BCUT2D eigenvalue weighted by molar-refractivity contribution is -0.117. The minimum absolute atomic E-state index is 0.156. The number of rotatable bonds is 9. The molecule has 3 aromatic rings. The van der Waals surface area contributed by atoms with Crippen molar-refractivity contribution in [3.05, 3.63) is 77.9 Å². The largest absolute Gasteiger partial charge is 0.494 e. The summed E-state index contributed by atoms with van der Waals surface area (Å²) in [7, 11) is 1.86.